The molecule has 6 heteroatoms. The number of halogens is 1. The lowest BCUT2D eigenvalue weighted by molar-refractivity contribution is -0.116. The topological polar surface area (TPSA) is 54.3 Å². The van der Waals surface area contributed by atoms with Gasteiger partial charge in [0, 0.05) is 35.2 Å². The number of aromatic nitrogens is 1. The Morgan fingerprint density at radius 1 is 1.15 bits per heavy atom. The van der Waals surface area contributed by atoms with Crippen LogP contribution in [0, 0.1) is 6.92 Å². The van der Waals surface area contributed by atoms with Crippen LogP contribution in [0.15, 0.2) is 53.0 Å². The maximum atomic E-state index is 12.8. The van der Waals surface area contributed by atoms with Crippen molar-refractivity contribution in [3.05, 3.63) is 64.3 Å². The van der Waals surface area contributed by atoms with E-state index in [1.54, 1.807) is 7.05 Å². The number of rotatable bonds is 4. The second kappa shape index (κ2) is 7.33. The summed E-state index contributed by atoms with van der Waals surface area (Å²) in [6.45, 7) is 1.90. The minimum absolute atomic E-state index is 0.0180. The first-order valence-electron chi connectivity index (χ1n) is 8.22. The van der Waals surface area contributed by atoms with Gasteiger partial charge in [-0.2, -0.15) is 0 Å². The van der Waals surface area contributed by atoms with Crippen LogP contribution >= 0.6 is 15.9 Å². The largest absolute Gasteiger partial charge is 0.340 e. The molecular weight excluding hydrogens is 394 g/mol. The molecule has 5 nitrogen and oxygen atoms in total. The molecule has 134 valence electrons. The standard InChI is InChI=1S/C20H20BrN3O2/c1-13-10-15(21)8-9-16(13)22-19(25)12-23(2)20(26)18-11-14-6-4-5-7-17(14)24(18)3/h4-11H,12H2,1-3H3,(H,22,25). The molecule has 0 unspecified atom stereocenters. The van der Waals surface area contributed by atoms with Crippen molar-refractivity contribution in [2.24, 2.45) is 7.05 Å². The average molecular weight is 414 g/mol. The Bertz CT molecular complexity index is 994. The van der Waals surface area contributed by atoms with Gasteiger partial charge < -0.3 is 14.8 Å². The summed E-state index contributed by atoms with van der Waals surface area (Å²) in [5, 5.41) is 3.86. The first-order valence-corrected chi connectivity index (χ1v) is 9.02. The molecule has 0 radical (unpaired) electrons. The summed E-state index contributed by atoms with van der Waals surface area (Å²) in [4.78, 5) is 26.5. The molecule has 0 saturated carbocycles. The molecule has 0 spiro atoms. The van der Waals surface area contributed by atoms with Crippen LogP contribution in [0.1, 0.15) is 16.1 Å². The maximum Gasteiger partial charge on any atom is 0.270 e. The highest BCUT2D eigenvalue weighted by Crippen LogP contribution is 2.21. The van der Waals surface area contributed by atoms with Crippen molar-refractivity contribution in [3.63, 3.8) is 0 Å². The molecule has 26 heavy (non-hydrogen) atoms. The van der Waals surface area contributed by atoms with E-state index in [0.29, 0.717) is 5.69 Å². The Morgan fingerprint density at radius 3 is 2.58 bits per heavy atom. The Morgan fingerprint density at radius 2 is 1.88 bits per heavy atom. The molecule has 2 amide bonds. The number of carbonyl (C=O) groups is 2. The molecule has 3 aromatic rings. The monoisotopic (exact) mass is 413 g/mol. The second-order valence-electron chi connectivity index (χ2n) is 6.32. The third-order valence-corrected chi connectivity index (χ3v) is 4.85. The number of hydrogen-bond acceptors (Lipinski definition) is 2. The van der Waals surface area contributed by atoms with Gasteiger partial charge in [-0.15, -0.1) is 0 Å². The summed E-state index contributed by atoms with van der Waals surface area (Å²) in [6.07, 6.45) is 0. The van der Waals surface area contributed by atoms with Gasteiger partial charge in [0.15, 0.2) is 0 Å². The van der Waals surface area contributed by atoms with Crippen molar-refractivity contribution in [2.75, 3.05) is 18.9 Å². The van der Waals surface area contributed by atoms with Crippen LogP contribution in [0.5, 0.6) is 0 Å². The molecule has 0 aliphatic carbocycles. The molecule has 0 bridgehead atoms. The number of anilines is 1. The number of hydrogen-bond donors (Lipinski definition) is 1. The summed E-state index contributed by atoms with van der Waals surface area (Å²) >= 11 is 3.40. The van der Waals surface area contributed by atoms with Crippen LogP contribution in [0.25, 0.3) is 10.9 Å². The quantitative estimate of drug-likeness (QED) is 0.703. The summed E-state index contributed by atoms with van der Waals surface area (Å²) < 4.78 is 2.81. The molecule has 0 fully saturated rings. The van der Waals surface area contributed by atoms with Crippen LogP contribution in [0.3, 0.4) is 0 Å². The van der Waals surface area contributed by atoms with Crippen molar-refractivity contribution in [1.82, 2.24) is 9.47 Å². The van der Waals surface area contributed by atoms with Crippen LogP contribution in [0.2, 0.25) is 0 Å². The SMILES string of the molecule is Cc1cc(Br)ccc1NC(=O)CN(C)C(=O)c1cc2ccccc2n1C. The first kappa shape index (κ1) is 18.2. The van der Waals surface area contributed by atoms with Gasteiger partial charge in [-0.25, -0.2) is 0 Å². The van der Waals surface area contributed by atoms with Crippen LogP contribution < -0.4 is 5.32 Å². The molecule has 1 N–H and O–H groups in total. The number of likely N-dealkylation sites (N-methyl/N-ethyl adjacent to an activating group) is 1. The van der Waals surface area contributed by atoms with Crippen molar-refractivity contribution >= 4 is 44.3 Å². The summed E-state index contributed by atoms with van der Waals surface area (Å²) in [5.74, 6) is -0.420. The molecule has 1 aromatic heterocycles. The Hall–Kier alpha value is -2.60. The Kier molecular flexibility index (Phi) is 5.13. The zero-order valence-corrected chi connectivity index (χ0v) is 16.5. The van der Waals surface area contributed by atoms with E-state index in [1.807, 2.05) is 67.1 Å². The maximum absolute atomic E-state index is 12.8. The van der Waals surface area contributed by atoms with Gasteiger partial charge in [0.05, 0.1) is 6.54 Å². The molecule has 0 aliphatic rings. The summed E-state index contributed by atoms with van der Waals surface area (Å²) in [6, 6.07) is 15.3. The van der Waals surface area contributed by atoms with Crippen LogP contribution in [-0.4, -0.2) is 34.9 Å². The minimum atomic E-state index is -0.231. The van der Waals surface area contributed by atoms with Gasteiger partial charge in [0.2, 0.25) is 5.91 Å². The number of nitrogens with one attached hydrogen (secondary N) is 1. The second-order valence-corrected chi connectivity index (χ2v) is 7.23. The van der Waals surface area contributed by atoms with Crippen LogP contribution in [-0.2, 0) is 11.8 Å². The fourth-order valence-corrected chi connectivity index (χ4v) is 3.41. The normalized spacial score (nSPS) is 10.8. The number of aryl methyl sites for hydroxylation is 2. The van der Waals surface area contributed by atoms with E-state index in [-0.39, 0.29) is 18.4 Å². The van der Waals surface area contributed by atoms with E-state index in [4.69, 9.17) is 0 Å². The average Bonchev–Trinajstić information content (AvgIpc) is 2.94. The van der Waals surface area contributed by atoms with Gasteiger partial charge in [-0.1, -0.05) is 34.1 Å². The van der Waals surface area contributed by atoms with E-state index in [9.17, 15) is 9.59 Å². The van der Waals surface area contributed by atoms with Gasteiger partial charge in [0.25, 0.3) is 5.91 Å². The number of amides is 2. The minimum Gasteiger partial charge on any atom is -0.340 e. The molecule has 0 saturated heterocycles. The van der Waals surface area contributed by atoms with E-state index >= 15 is 0 Å². The molecule has 1 heterocycles. The van der Waals surface area contributed by atoms with Gasteiger partial charge in [-0.05, 0) is 42.8 Å². The molecule has 0 atom stereocenters. The van der Waals surface area contributed by atoms with Crippen molar-refractivity contribution < 1.29 is 9.59 Å². The van der Waals surface area contributed by atoms with Gasteiger partial charge in [0.1, 0.15) is 5.69 Å². The smallest absolute Gasteiger partial charge is 0.270 e. The Balaban J connectivity index is 1.72. The zero-order valence-electron chi connectivity index (χ0n) is 14.9. The van der Waals surface area contributed by atoms with Gasteiger partial charge in [-0.3, -0.25) is 9.59 Å². The molecule has 2 aromatic carbocycles. The predicted octanol–water partition coefficient (Wildman–Crippen LogP) is 3.96. The lowest BCUT2D eigenvalue weighted by atomic mass is 10.2. The highest BCUT2D eigenvalue weighted by atomic mass is 79.9. The molecular formula is C20H20BrN3O2. The number of fused-ring (bicyclic) bond motifs is 1. The highest BCUT2D eigenvalue weighted by molar-refractivity contribution is 9.10. The van der Waals surface area contributed by atoms with Crippen molar-refractivity contribution in [1.29, 1.82) is 0 Å². The number of benzene rings is 2. The third-order valence-electron chi connectivity index (χ3n) is 4.36. The lowest BCUT2D eigenvalue weighted by Gasteiger charge is -2.18. The fraction of sp³-hybridized carbons (Fsp3) is 0.200. The first-order chi connectivity index (χ1) is 12.4. The van der Waals surface area contributed by atoms with E-state index < -0.39 is 0 Å². The molecule has 0 aliphatic heterocycles. The van der Waals surface area contributed by atoms with E-state index in [2.05, 4.69) is 21.2 Å². The highest BCUT2D eigenvalue weighted by Gasteiger charge is 2.19. The lowest BCUT2D eigenvalue weighted by Crippen LogP contribution is -2.35. The number of para-hydroxylation sites is 1. The summed E-state index contributed by atoms with van der Waals surface area (Å²) in [7, 11) is 3.49. The summed E-state index contributed by atoms with van der Waals surface area (Å²) in [5.41, 5.74) is 3.24. The van der Waals surface area contributed by atoms with E-state index in [1.165, 1.54) is 4.90 Å². The Labute approximate surface area is 160 Å². The van der Waals surface area contributed by atoms with Crippen LogP contribution in [0.4, 0.5) is 5.69 Å². The van der Waals surface area contributed by atoms with Gasteiger partial charge >= 0.3 is 0 Å². The predicted molar refractivity (Wildman–Crippen MR) is 107 cm³/mol. The third kappa shape index (κ3) is 3.65. The fourth-order valence-electron chi connectivity index (χ4n) is 2.93. The van der Waals surface area contributed by atoms with Crippen molar-refractivity contribution in [3.8, 4) is 0 Å². The zero-order chi connectivity index (χ0) is 18.8. The number of carbonyl (C=O) groups excluding carboxylic acids is 2. The number of nitrogens with zero attached hydrogens (tertiary/aromatic N) is 2. The molecule has 3 rings (SSSR count). The van der Waals surface area contributed by atoms with E-state index in [0.717, 1.165) is 26.6 Å². The van der Waals surface area contributed by atoms with Crippen molar-refractivity contribution in [2.45, 2.75) is 6.92 Å².